The van der Waals surface area contributed by atoms with Crippen LogP contribution in [0.3, 0.4) is 0 Å². The predicted molar refractivity (Wildman–Crippen MR) is 118 cm³/mol. The minimum atomic E-state index is -1.05. The highest BCUT2D eigenvalue weighted by atomic mass is 32.2. The Hall–Kier alpha value is -2.05. The van der Waals surface area contributed by atoms with Crippen molar-refractivity contribution in [2.45, 2.75) is 49.6 Å². The fourth-order valence-electron chi connectivity index (χ4n) is 4.69. The van der Waals surface area contributed by atoms with Crippen LogP contribution in [0.4, 0.5) is 4.39 Å². The van der Waals surface area contributed by atoms with E-state index in [1.54, 1.807) is 30.5 Å². The van der Waals surface area contributed by atoms with Crippen LogP contribution in [0.2, 0.25) is 0 Å². The van der Waals surface area contributed by atoms with Crippen molar-refractivity contribution in [1.82, 2.24) is 9.80 Å². The van der Waals surface area contributed by atoms with Gasteiger partial charge in [0, 0.05) is 47.1 Å². The molecule has 0 N–H and O–H groups in total. The van der Waals surface area contributed by atoms with Crippen LogP contribution in [-0.2, 0) is 10.8 Å². The van der Waals surface area contributed by atoms with Crippen molar-refractivity contribution in [1.29, 1.82) is 0 Å². The van der Waals surface area contributed by atoms with Gasteiger partial charge in [-0.25, -0.2) is 4.39 Å². The Morgan fingerprint density at radius 3 is 2.40 bits per heavy atom. The fraction of sp³-hybridized carbons (Fsp3) is 0.458. The Morgan fingerprint density at radius 1 is 1.07 bits per heavy atom. The maximum atomic E-state index is 14.9. The molecule has 2 saturated heterocycles. The first-order valence-corrected chi connectivity index (χ1v) is 12.3. The first kappa shape index (κ1) is 21.2. The summed E-state index contributed by atoms with van der Waals surface area (Å²) in [7, 11) is -1.05. The van der Waals surface area contributed by atoms with Crippen molar-refractivity contribution in [2.75, 3.05) is 25.9 Å². The van der Waals surface area contributed by atoms with Crippen molar-refractivity contribution >= 4 is 16.7 Å². The van der Waals surface area contributed by atoms with Gasteiger partial charge in [0.2, 0.25) is 0 Å². The van der Waals surface area contributed by atoms with E-state index < -0.39 is 16.6 Å². The summed E-state index contributed by atoms with van der Waals surface area (Å²) in [5, 5.41) is 0. The standard InChI is InChI=1S/C24H29FN2O2S/c1-17-5-3-13-26(17)16-20-6-4-14-27(20)24(28)22-12-9-19(15-23(22)25)18-7-10-21(11-8-18)30(2)29/h7-12,15,17,20H,3-6,13-14,16H2,1-2H3/t17-,20?,30?/m1/s1. The highest BCUT2D eigenvalue weighted by Crippen LogP contribution is 2.27. The van der Waals surface area contributed by atoms with E-state index in [2.05, 4.69) is 11.8 Å². The molecule has 0 spiro atoms. The molecule has 2 fully saturated rings. The van der Waals surface area contributed by atoms with Crippen LogP contribution in [0.15, 0.2) is 47.4 Å². The molecule has 0 aliphatic carbocycles. The number of hydrogen-bond donors (Lipinski definition) is 0. The molecule has 2 aromatic rings. The lowest BCUT2D eigenvalue weighted by molar-refractivity contribution is 0.0692. The number of carbonyl (C=O) groups excluding carboxylic acids is 1. The Kier molecular flexibility index (Phi) is 6.34. The number of likely N-dealkylation sites (tertiary alicyclic amines) is 2. The molecule has 160 valence electrons. The van der Waals surface area contributed by atoms with E-state index in [1.807, 2.05) is 17.0 Å². The van der Waals surface area contributed by atoms with Crippen molar-refractivity contribution in [3.8, 4) is 11.1 Å². The summed E-state index contributed by atoms with van der Waals surface area (Å²) in [6.45, 7) is 4.92. The number of halogens is 1. The van der Waals surface area contributed by atoms with E-state index in [9.17, 15) is 13.4 Å². The molecule has 4 nitrogen and oxygen atoms in total. The summed E-state index contributed by atoms with van der Waals surface area (Å²) in [4.78, 5) is 18.2. The lowest BCUT2D eigenvalue weighted by atomic mass is 10.0. The lowest BCUT2D eigenvalue weighted by Crippen LogP contribution is -2.44. The van der Waals surface area contributed by atoms with E-state index in [1.165, 1.54) is 18.9 Å². The second-order valence-electron chi connectivity index (χ2n) is 8.45. The van der Waals surface area contributed by atoms with Crippen LogP contribution in [0.25, 0.3) is 11.1 Å². The Balaban J connectivity index is 1.50. The average Bonchev–Trinajstić information content (AvgIpc) is 3.37. The average molecular weight is 429 g/mol. The Morgan fingerprint density at radius 2 is 1.77 bits per heavy atom. The van der Waals surface area contributed by atoms with Gasteiger partial charge in [-0.2, -0.15) is 0 Å². The summed E-state index contributed by atoms with van der Waals surface area (Å²) in [6, 6.07) is 12.8. The van der Waals surface area contributed by atoms with Gasteiger partial charge >= 0.3 is 0 Å². The monoisotopic (exact) mass is 428 g/mol. The highest BCUT2D eigenvalue weighted by Gasteiger charge is 2.33. The topological polar surface area (TPSA) is 40.6 Å². The zero-order valence-electron chi connectivity index (χ0n) is 17.6. The molecular formula is C24H29FN2O2S. The van der Waals surface area contributed by atoms with E-state index in [0.717, 1.165) is 36.4 Å². The SMILES string of the molecule is C[C@@H]1CCCN1CC1CCCN1C(=O)c1ccc(-c2ccc(S(C)=O)cc2)cc1F. The molecule has 0 radical (unpaired) electrons. The van der Waals surface area contributed by atoms with Gasteiger partial charge in [0.25, 0.3) is 5.91 Å². The van der Waals surface area contributed by atoms with Crippen molar-refractivity contribution < 1.29 is 13.4 Å². The zero-order chi connectivity index (χ0) is 21.3. The normalized spacial score (nSPS) is 23.1. The van der Waals surface area contributed by atoms with Crippen LogP contribution in [-0.4, -0.2) is 57.9 Å². The van der Waals surface area contributed by atoms with Gasteiger partial charge in [0.05, 0.1) is 5.56 Å². The van der Waals surface area contributed by atoms with Crippen LogP contribution < -0.4 is 0 Å². The van der Waals surface area contributed by atoms with Gasteiger partial charge < -0.3 is 4.90 Å². The minimum Gasteiger partial charge on any atom is -0.334 e. The van der Waals surface area contributed by atoms with Crippen molar-refractivity contribution in [3.63, 3.8) is 0 Å². The number of nitrogens with zero attached hydrogens (tertiary/aromatic N) is 2. The molecule has 2 heterocycles. The Labute approximate surface area is 180 Å². The quantitative estimate of drug-likeness (QED) is 0.712. The molecule has 0 aromatic heterocycles. The molecule has 2 aromatic carbocycles. The van der Waals surface area contributed by atoms with Gasteiger partial charge in [0.15, 0.2) is 0 Å². The van der Waals surface area contributed by atoms with Crippen LogP contribution in [0.1, 0.15) is 43.0 Å². The number of hydrogen-bond acceptors (Lipinski definition) is 3. The van der Waals surface area contributed by atoms with E-state index in [0.29, 0.717) is 18.2 Å². The lowest BCUT2D eigenvalue weighted by Gasteiger charge is -2.31. The molecule has 3 atom stereocenters. The molecule has 4 rings (SSSR count). The second kappa shape index (κ2) is 8.98. The van der Waals surface area contributed by atoms with Gasteiger partial charge in [0.1, 0.15) is 5.82 Å². The number of benzene rings is 2. The third-order valence-corrected chi connectivity index (χ3v) is 7.43. The van der Waals surface area contributed by atoms with E-state index in [4.69, 9.17) is 0 Å². The summed E-state index contributed by atoms with van der Waals surface area (Å²) >= 11 is 0. The van der Waals surface area contributed by atoms with E-state index >= 15 is 0 Å². The second-order valence-corrected chi connectivity index (χ2v) is 9.83. The summed E-state index contributed by atoms with van der Waals surface area (Å²) < 4.78 is 26.5. The largest absolute Gasteiger partial charge is 0.334 e. The Bertz CT molecular complexity index is 947. The molecule has 0 bridgehead atoms. The third kappa shape index (κ3) is 4.35. The predicted octanol–water partition coefficient (Wildman–Crippen LogP) is 4.32. The molecule has 30 heavy (non-hydrogen) atoms. The van der Waals surface area contributed by atoms with Gasteiger partial charge in [-0.1, -0.05) is 18.2 Å². The van der Waals surface area contributed by atoms with Gasteiger partial charge in [-0.05, 0) is 74.5 Å². The molecule has 2 aliphatic rings. The molecule has 6 heteroatoms. The first-order chi connectivity index (χ1) is 14.4. The number of rotatable bonds is 5. The first-order valence-electron chi connectivity index (χ1n) is 10.7. The number of carbonyl (C=O) groups is 1. The third-order valence-electron chi connectivity index (χ3n) is 6.49. The maximum Gasteiger partial charge on any atom is 0.257 e. The molecular weight excluding hydrogens is 399 g/mol. The van der Waals surface area contributed by atoms with Crippen LogP contribution >= 0.6 is 0 Å². The molecule has 0 saturated carbocycles. The maximum absolute atomic E-state index is 14.9. The zero-order valence-corrected chi connectivity index (χ0v) is 18.5. The van der Waals surface area contributed by atoms with Crippen LogP contribution in [0, 0.1) is 5.82 Å². The van der Waals surface area contributed by atoms with Gasteiger partial charge in [-0.15, -0.1) is 0 Å². The molecule has 2 aliphatic heterocycles. The van der Waals surface area contributed by atoms with E-state index in [-0.39, 0.29) is 17.5 Å². The molecule has 1 amide bonds. The van der Waals surface area contributed by atoms with Gasteiger partial charge in [-0.3, -0.25) is 13.9 Å². The van der Waals surface area contributed by atoms with Crippen molar-refractivity contribution in [3.05, 3.63) is 53.8 Å². The summed E-state index contributed by atoms with van der Waals surface area (Å²) in [5.74, 6) is -0.689. The van der Waals surface area contributed by atoms with Crippen molar-refractivity contribution in [2.24, 2.45) is 0 Å². The minimum absolute atomic E-state index is 0.145. The summed E-state index contributed by atoms with van der Waals surface area (Å²) in [6.07, 6.45) is 6.02. The smallest absolute Gasteiger partial charge is 0.257 e. The number of amides is 1. The molecule has 2 unspecified atom stereocenters. The fourth-order valence-corrected chi connectivity index (χ4v) is 5.21. The van der Waals surface area contributed by atoms with Crippen LogP contribution in [0.5, 0.6) is 0 Å². The highest BCUT2D eigenvalue weighted by molar-refractivity contribution is 7.84. The summed E-state index contributed by atoms with van der Waals surface area (Å²) in [5.41, 5.74) is 1.69.